The number of fused-ring (bicyclic) bond motifs is 2. The lowest BCUT2D eigenvalue weighted by atomic mass is 10.1. The quantitative estimate of drug-likeness (QED) is 0.552. The van der Waals surface area contributed by atoms with E-state index in [1.807, 2.05) is 60.4 Å². The van der Waals surface area contributed by atoms with Crippen molar-refractivity contribution in [3.05, 3.63) is 65.2 Å². The van der Waals surface area contributed by atoms with Gasteiger partial charge in [-0.15, -0.1) is 0 Å². The Morgan fingerprint density at radius 1 is 1.17 bits per heavy atom. The number of nitrogens with zero attached hydrogens (tertiary/aromatic N) is 3. The third-order valence-electron chi connectivity index (χ3n) is 5.29. The van der Waals surface area contributed by atoms with Crippen molar-refractivity contribution in [1.82, 2.24) is 19.7 Å². The summed E-state index contributed by atoms with van der Waals surface area (Å²) in [5.74, 6) is -0.124. The van der Waals surface area contributed by atoms with Gasteiger partial charge >= 0.3 is 0 Å². The molecule has 0 unspecified atom stereocenters. The summed E-state index contributed by atoms with van der Waals surface area (Å²) >= 11 is 0. The number of benzene rings is 2. The largest absolute Gasteiger partial charge is 0.355 e. The molecule has 0 atom stereocenters. The molecule has 1 amide bonds. The molecule has 1 aliphatic carbocycles. The zero-order valence-electron chi connectivity index (χ0n) is 16.1. The van der Waals surface area contributed by atoms with E-state index in [1.54, 1.807) is 6.20 Å². The van der Waals surface area contributed by atoms with Crippen molar-refractivity contribution < 1.29 is 4.79 Å². The molecule has 0 bridgehead atoms. The Morgan fingerprint density at radius 3 is 2.86 bits per heavy atom. The van der Waals surface area contributed by atoms with Crippen molar-refractivity contribution in [1.29, 1.82) is 0 Å². The van der Waals surface area contributed by atoms with Crippen molar-refractivity contribution in [2.75, 3.05) is 5.32 Å². The second kappa shape index (κ2) is 6.77. The minimum absolute atomic E-state index is 0.0290. The molecule has 0 saturated heterocycles. The molecule has 4 aromatic rings. The van der Waals surface area contributed by atoms with Crippen LogP contribution in [0, 0.1) is 0 Å². The van der Waals surface area contributed by atoms with E-state index in [0.717, 1.165) is 34.8 Å². The summed E-state index contributed by atoms with van der Waals surface area (Å²) in [4.78, 5) is 25.3. The van der Waals surface area contributed by atoms with Crippen LogP contribution in [0.3, 0.4) is 0 Å². The highest BCUT2D eigenvalue weighted by molar-refractivity contribution is 5.95. The first-order chi connectivity index (χ1) is 14.1. The zero-order chi connectivity index (χ0) is 20.0. The van der Waals surface area contributed by atoms with Crippen molar-refractivity contribution in [2.45, 2.75) is 25.4 Å². The van der Waals surface area contributed by atoms with Crippen LogP contribution in [0.15, 0.2) is 59.7 Å². The predicted octanol–water partition coefficient (Wildman–Crippen LogP) is 2.91. The van der Waals surface area contributed by atoms with E-state index in [9.17, 15) is 9.59 Å². The third-order valence-corrected chi connectivity index (χ3v) is 5.29. The average molecular weight is 387 g/mol. The van der Waals surface area contributed by atoms with Gasteiger partial charge in [0.25, 0.3) is 5.56 Å². The fourth-order valence-electron chi connectivity index (χ4n) is 3.61. The number of aromatic nitrogens is 3. The molecular formula is C22H21N5O2. The molecule has 7 nitrogen and oxygen atoms in total. The van der Waals surface area contributed by atoms with E-state index in [2.05, 4.69) is 15.7 Å². The fraction of sp³-hybridized carbons (Fsp3) is 0.227. The van der Waals surface area contributed by atoms with Crippen LogP contribution in [0.2, 0.25) is 0 Å². The van der Waals surface area contributed by atoms with Crippen molar-refractivity contribution in [3.8, 4) is 0 Å². The normalized spacial score (nSPS) is 13.7. The Labute approximate surface area is 166 Å². The molecule has 1 fully saturated rings. The van der Waals surface area contributed by atoms with Crippen molar-refractivity contribution in [3.63, 3.8) is 0 Å². The number of aryl methyl sites for hydroxylation is 1. The number of nitrogens with one attached hydrogen (secondary N) is 2. The molecule has 2 aromatic carbocycles. The van der Waals surface area contributed by atoms with Gasteiger partial charge in [0, 0.05) is 30.4 Å². The van der Waals surface area contributed by atoms with Crippen molar-refractivity contribution in [2.24, 2.45) is 7.05 Å². The van der Waals surface area contributed by atoms with Crippen LogP contribution in [0.5, 0.6) is 0 Å². The van der Waals surface area contributed by atoms with Gasteiger partial charge in [-0.05, 0) is 48.6 Å². The zero-order valence-corrected chi connectivity index (χ0v) is 16.1. The molecule has 146 valence electrons. The first kappa shape index (κ1) is 17.5. The summed E-state index contributed by atoms with van der Waals surface area (Å²) in [6, 6.07) is 13.8. The summed E-state index contributed by atoms with van der Waals surface area (Å²) in [6.07, 6.45) is 5.54. The van der Waals surface area contributed by atoms with Gasteiger partial charge in [0.05, 0.1) is 22.8 Å². The Bertz CT molecular complexity index is 1300. The maximum absolute atomic E-state index is 13.1. The highest BCUT2D eigenvalue weighted by Gasteiger charge is 2.23. The van der Waals surface area contributed by atoms with Crippen LogP contribution >= 0.6 is 0 Å². The van der Waals surface area contributed by atoms with Gasteiger partial charge in [-0.1, -0.05) is 12.1 Å². The molecule has 0 spiro atoms. The summed E-state index contributed by atoms with van der Waals surface area (Å²) in [5.41, 5.74) is 2.45. The molecule has 0 radical (unpaired) electrons. The van der Waals surface area contributed by atoms with Gasteiger partial charge in [0.2, 0.25) is 5.91 Å². The molecule has 1 aliphatic rings. The lowest BCUT2D eigenvalue weighted by Gasteiger charge is -2.12. The van der Waals surface area contributed by atoms with Crippen LogP contribution in [0.1, 0.15) is 12.8 Å². The van der Waals surface area contributed by atoms with E-state index >= 15 is 0 Å². The summed E-state index contributed by atoms with van der Waals surface area (Å²) in [7, 11) is 1.90. The topological polar surface area (TPSA) is 81.0 Å². The Balaban J connectivity index is 1.51. The maximum Gasteiger partial charge on any atom is 0.261 e. The Kier molecular flexibility index (Phi) is 4.08. The Morgan fingerprint density at radius 2 is 2.03 bits per heavy atom. The minimum Gasteiger partial charge on any atom is -0.355 e. The van der Waals surface area contributed by atoms with Gasteiger partial charge in [-0.25, -0.2) is 0 Å². The molecule has 2 heterocycles. The van der Waals surface area contributed by atoms with Crippen LogP contribution in [0.25, 0.3) is 21.7 Å². The predicted molar refractivity (Wildman–Crippen MR) is 113 cm³/mol. The van der Waals surface area contributed by atoms with Gasteiger partial charge in [-0.3, -0.25) is 14.3 Å². The molecule has 2 aromatic heterocycles. The first-order valence-corrected chi connectivity index (χ1v) is 9.69. The second-order valence-electron chi connectivity index (χ2n) is 7.53. The summed E-state index contributed by atoms with van der Waals surface area (Å²) in [5, 5.41) is 13.0. The number of carbonyl (C=O) groups excluding carboxylic acids is 1. The SMILES string of the molecule is Cn1ncc2cc(Nc3cccc4ccn(CC(=O)NC5CC5)c(=O)c34)ccc21. The average Bonchev–Trinajstić information content (AvgIpc) is 3.45. The molecule has 0 aliphatic heterocycles. The molecule has 2 N–H and O–H groups in total. The molecule has 7 heteroatoms. The number of pyridine rings is 1. The second-order valence-corrected chi connectivity index (χ2v) is 7.53. The van der Waals surface area contributed by atoms with Crippen LogP contribution in [0.4, 0.5) is 11.4 Å². The highest BCUT2D eigenvalue weighted by atomic mass is 16.2. The summed E-state index contributed by atoms with van der Waals surface area (Å²) < 4.78 is 3.29. The van der Waals surface area contributed by atoms with E-state index in [0.29, 0.717) is 11.1 Å². The number of rotatable bonds is 5. The summed E-state index contributed by atoms with van der Waals surface area (Å²) in [6.45, 7) is 0.0290. The molecule has 5 rings (SSSR count). The van der Waals surface area contributed by atoms with E-state index in [-0.39, 0.29) is 24.1 Å². The molecule has 29 heavy (non-hydrogen) atoms. The third kappa shape index (κ3) is 3.35. The number of anilines is 2. The number of hydrogen-bond donors (Lipinski definition) is 2. The van der Waals surface area contributed by atoms with E-state index in [1.165, 1.54) is 4.57 Å². The van der Waals surface area contributed by atoms with E-state index in [4.69, 9.17) is 0 Å². The fourth-order valence-corrected chi connectivity index (χ4v) is 3.61. The Hall–Kier alpha value is -3.61. The standard InChI is InChI=1S/C22H21N5O2/c1-26-19-8-7-17(11-15(19)12-23-26)24-18-4-2-3-14-9-10-27(22(29)21(14)18)13-20(28)25-16-5-6-16/h2-4,7-12,16,24H,5-6,13H2,1H3,(H,25,28). The number of amides is 1. The van der Waals surface area contributed by atoms with Crippen LogP contribution < -0.4 is 16.2 Å². The minimum atomic E-state index is -0.181. The molecule has 1 saturated carbocycles. The van der Waals surface area contributed by atoms with E-state index < -0.39 is 0 Å². The smallest absolute Gasteiger partial charge is 0.261 e. The van der Waals surface area contributed by atoms with Gasteiger partial charge in [-0.2, -0.15) is 5.10 Å². The number of hydrogen-bond acceptors (Lipinski definition) is 4. The lowest BCUT2D eigenvalue weighted by molar-refractivity contribution is -0.121. The molecular weight excluding hydrogens is 366 g/mol. The highest BCUT2D eigenvalue weighted by Crippen LogP contribution is 2.26. The first-order valence-electron chi connectivity index (χ1n) is 9.69. The van der Waals surface area contributed by atoms with Crippen LogP contribution in [-0.4, -0.2) is 26.3 Å². The lowest BCUT2D eigenvalue weighted by Crippen LogP contribution is -2.33. The maximum atomic E-state index is 13.1. The van der Waals surface area contributed by atoms with Gasteiger partial charge < -0.3 is 15.2 Å². The van der Waals surface area contributed by atoms with Gasteiger partial charge in [0.15, 0.2) is 0 Å². The monoisotopic (exact) mass is 387 g/mol. The van der Waals surface area contributed by atoms with Crippen molar-refractivity contribution >= 4 is 39.0 Å². The number of carbonyl (C=O) groups is 1. The van der Waals surface area contributed by atoms with Crippen LogP contribution in [-0.2, 0) is 18.4 Å². The van der Waals surface area contributed by atoms with Gasteiger partial charge in [0.1, 0.15) is 6.54 Å².